The van der Waals surface area contributed by atoms with Gasteiger partial charge < -0.3 is 15.7 Å². The molecule has 0 saturated carbocycles. The van der Waals surface area contributed by atoms with Crippen molar-refractivity contribution in [3.8, 4) is 0 Å². The van der Waals surface area contributed by atoms with Crippen LogP contribution in [-0.4, -0.2) is 54.3 Å². The summed E-state index contributed by atoms with van der Waals surface area (Å²) in [4.78, 5) is 6.85. The van der Waals surface area contributed by atoms with Crippen molar-refractivity contribution in [1.82, 2.24) is 15.5 Å². The van der Waals surface area contributed by atoms with Gasteiger partial charge in [-0.25, -0.2) is 0 Å². The minimum Gasteiger partial charge on any atom is -0.390 e. The fraction of sp³-hybridized carbons (Fsp3) is 0.632. The first-order valence-electron chi connectivity index (χ1n) is 9.14. The van der Waals surface area contributed by atoms with Crippen LogP contribution in [0.2, 0.25) is 0 Å². The third-order valence-electron chi connectivity index (χ3n) is 4.48. The van der Waals surface area contributed by atoms with Crippen LogP contribution < -0.4 is 10.6 Å². The summed E-state index contributed by atoms with van der Waals surface area (Å²) in [6.45, 7) is 10.2. The van der Waals surface area contributed by atoms with Crippen LogP contribution in [0.15, 0.2) is 29.3 Å². The van der Waals surface area contributed by atoms with Gasteiger partial charge >= 0.3 is 0 Å². The molecular weight excluding hydrogens is 300 g/mol. The van der Waals surface area contributed by atoms with Crippen molar-refractivity contribution in [1.29, 1.82) is 0 Å². The van der Waals surface area contributed by atoms with Gasteiger partial charge in [-0.1, -0.05) is 31.2 Å². The Hall–Kier alpha value is -1.59. The maximum Gasteiger partial charge on any atom is 0.191 e. The minimum absolute atomic E-state index is 0.374. The number of aliphatic hydroxyl groups excluding tert-OH is 1. The molecule has 2 unspecified atom stereocenters. The van der Waals surface area contributed by atoms with Crippen molar-refractivity contribution in [2.75, 3.05) is 26.2 Å². The van der Waals surface area contributed by atoms with Gasteiger partial charge in [-0.15, -0.1) is 0 Å². The van der Waals surface area contributed by atoms with E-state index in [4.69, 9.17) is 0 Å². The largest absolute Gasteiger partial charge is 0.390 e. The molecule has 0 aromatic heterocycles. The normalized spacial score (nSPS) is 17.9. The van der Waals surface area contributed by atoms with Crippen molar-refractivity contribution in [2.24, 2.45) is 4.99 Å². The van der Waals surface area contributed by atoms with Gasteiger partial charge in [0.15, 0.2) is 5.96 Å². The molecule has 2 rings (SSSR count). The fourth-order valence-corrected chi connectivity index (χ4v) is 2.92. The van der Waals surface area contributed by atoms with Gasteiger partial charge in [0.25, 0.3) is 0 Å². The monoisotopic (exact) mass is 332 g/mol. The molecule has 0 radical (unpaired) electrons. The van der Waals surface area contributed by atoms with E-state index in [9.17, 15) is 5.11 Å². The van der Waals surface area contributed by atoms with Crippen molar-refractivity contribution >= 4 is 5.96 Å². The van der Waals surface area contributed by atoms with E-state index in [0.717, 1.165) is 38.4 Å². The third-order valence-corrected chi connectivity index (χ3v) is 4.48. The average molecular weight is 332 g/mol. The molecule has 0 bridgehead atoms. The standard InChI is InChI=1S/C19H32N4O/c1-4-15(3)22-19(20-5-2)21-12-18(24)14-23-11-10-16-8-6-7-9-17(16)13-23/h6-9,15,18,24H,4-5,10-14H2,1-3H3,(H2,20,21,22). The molecule has 1 aromatic carbocycles. The molecule has 1 aliphatic heterocycles. The fourth-order valence-electron chi connectivity index (χ4n) is 2.92. The van der Waals surface area contributed by atoms with E-state index < -0.39 is 6.10 Å². The van der Waals surface area contributed by atoms with Crippen LogP contribution >= 0.6 is 0 Å². The Kier molecular flexibility index (Phi) is 7.53. The van der Waals surface area contributed by atoms with Crippen LogP contribution in [0, 0.1) is 0 Å². The average Bonchev–Trinajstić information content (AvgIpc) is 2.59. The summed E-state index contributed by atoms with van der Waals surface area (Å²) in [7, 11) is 0. The maximum absolute atomic E-state index is 10.4. The number of fused-ring (bicyclic) bond motifs is 1. The Morgan fingerprint density at radius 3 is 2.75 bits per heavy atom. The lowest BCUT2D eigenvalue weighted by atomic mass is 10.00. The van der Waals surface area contributed by atoms with E-state index >= 15 is 0 Å². The van der Waals surface area contributed by atoms with E-state index in [0.29, 0.717) is 19.1 Å². The lowest BCUT2D eigenvalue weighted by Gasteiger charge is -2.30. The number of guanidine groups is 1. The molecule has 3 N–H and O–H groups in total. The molecular formula is C19H32N4O. The Labute approximate surface area is 146 Å². The van der Waals surface area contributed by atoms with E-state index in [1.54, 1.807) is 0 Å². The van der Waals surface area contributed by atoms with E-state index in [1.807, 2.05) is 0 Å². The Morgan fingerprint density at radius 1 is 1.29 bits per heavy atom. The summed E-state index contributed by atoms with van der Waals surface area (Å²) >= 11 is 0. The summed E-state index contributed by atoms with van der Waals surface area (Å²) in [5, 5.41) is 16.9. The molecule has 0 saturated heterocycles. The number of β-amino-alcohol motifs (C(OH)–C–C–N with tert-alkyl or cyclic N) is 1. The predicted octanol–water partition coefficient (Wildman–Crippen LogP) is 1.76. The molecule has 24 heavy (non-hydrogen) atoms. The van der Waals surface area contributed by atoms with Gasteiger partial charge in [0.2, 0.25) is 0 Å². The number of aliphatic hydroxyl groups is 1. The number of hydrogen-bond donors (Lipinski definition) is 3. The molecule has 1 aromatic rings. The Balaban J connectivity index is 1.83. The summed E-state index contributed by atoms with van der Waals surface area (Å²) in [5.41, 5.74) is 2.82. The highest BCUT2D eigenvalue weighted by atomic mass is 16.3. The highest BCUT2D eigenvalue weighted by molar-refractivity contribution is 5.80. The van der Waals surface area contributed by atoms with E-state index in [2.05, 4.69) is 65.6 Å². The molecule has 1 aliphatic rings. The summed E-state index contributed by atoms with van der Waals surface area (Å²) in [6.07, 6.45) is 1.66. The Bertz CT molecular complexity index is 532. The molecule has 1 heterocycles. The van der Waals surface area contributed by atoms with Crippen LogP contribution in [-0.2, 0) is 13.0 Å². The van der Waals surface area contributed by atoms with E-state index in [-0.39, 0.29) is 0 Å². The first-order valence-corrected chi connectivity index (χ1v) is 9.14. The first kappa shape index (κ1) is 18.7. The lowest BCUT2D eigenvalue weighted by molar-refractivity contribution is 0.111. The highest BCUT2D eigenvalue weighted by Gasteiger charge is 2.18. The summed E-state index contributed by atoms with van der Waals surface area (Å²) in [5.74, 6) is 0.787. The van der Waals surface area contributed by atoms with Gasteiger partial charge in [0, 0.05) is 32.2 Å². The Morgan fingerprint density at radius 2 is 2.04 bits per heavy atom. The second-order valence-corrected chi connectivity index (χ2v) is 6.58. The maximum atomic E-state index is 10.4. The number of rotatable bonds is 7. The molecule has 0 aliphatic carbocycles. The summed E-state index contributed by atoms with van der Waals surface area (Å²) in [6, 6.07) is 8.96. The smallest absolute Gasteiger partial charge is 0.191 e. The molecule has 0 spiro atoms. The number of nitrogens with zero attached hydrogens (tertiary/aromatic N) is 2. The zero-order chi connectivity index (χ0) is 17.4. The van der Waals surface area contributed by atoms with Gasteiger partial charge in [0.05, 0.1) is 12.6 Å². The molecule has 0 fully saturated rings. The molecule has 2 atom stereocenters. The van der Waals surface area contributed by atoms with Crippen LogP contribution in [0.4, 0.5) is 0 Å². The molecule has 134 valence electrons. The topological polar surface area (TPSA) is 59.9 Å². The summed E-state index contributed by atoms with van der Waals surface area (Å²) < 4.78 is 0. The number of aliphatic imine (C=N–C) groups is 1. The van der Waals surface area contributed by atoms with Crippen molar-refractivity contribution in [3.05, 3.63) is 35.4 Å². The zero-order valence-corrected chi connectivity index (χ0v) is 15.3. The van der Waals surface area contributed by atoms with Crippen LogP contribution in [0.1, 0.15) is 38.3 Å². The second-order valence-electron chi connectivity index (χ2n) is 6.58. The SMILES string of the molecule is CCNC(=NCC(O)CN1CCc2ccccc2C1)NC(C)CC. The quantitative estimate of drug-likeness (QED) is 0.526. The van der Waals surface area contributed by atoms with Gasteiger partial charge in [-0.05, 0) is 37.8 Å². The lowest BCUT2D eigenvalue weighted by Crippen LogP contribution is -2.43. The van der Waals surface area contributed by atoms with Gasteiger partial charge in [0.1, 0.15) is 0 Å². The third kappa shape index (κ3) is 5.80. The number of hydrogen-bond acceptors (Lipinski definition) is 3. The van der Waals surface area contributed by atoms with Crippen molar-refractivity contribution in [3.63, 3.8) is 0 Å². The van der Waals surface area contributed by atoms with Crippen molar-refractivity contribution < 1.29 is 5.11 Å². The first-order chi connectivity index (χ1) is 11.6. The van der Waals surface area contributed by atoms with Crippen LogP contribution in [0.25, 0.3) is 0 Å². The predicted molar refractivity (Wildman–Crippen MR) is 100 cm³/mol. The highest BCUT2D eigenvalue weighted by Crippen LogP contribution is 2.18. The number of nitrogens with one attached hydrogen (secondary N) is 2. The molecule has 0 amide bonds. The molecule has 5 nitrogen and oxygen atoms in total. The molecule has 5 heteroatoms. The van der Waals surface area contributed by atoms with Crippen LogP contribution in [0.3, 0.4) is 0 Å². The van der Waals surface area contributed by atoms with Crippen LogP contribution in [0.5, 0.6) is 0 Å². The zero-order valence-electron chi connectivity index (χ0n) is 15.3. The van der Waals surface area contributed by atoms with Gasteiger partial charge in [-0.3, -0.25) is 9.89 Å². The second kappa shape index (κ2) is 9.64. The van der Waals surface area contributed by atoms with Gasteiger partial charge in [-0.2, -0.15) is 0 Å². The van der Waals surface area contributed by atoms with Crippen molar-refractivity contribution in [2.45, 2.75) is 52.3 Å². The van der Waals surface area contributed by atoms with E-state index in [1.165, 1.54) is 11.1 Å². The number of benzene rings is 1. The minimum atomic E-state index is -0.442.